The van der Waals surface area contributed by atoms with Gasteiger partial charge in [-0.05, 0) is 37.3 Å². The predicted molar refractivity (Wildman–Crippen MR) is 84.4 cm³/mol. The van der Waals surface area contributed by atoms with Crippen molar-refractivity contribution in [2.45, 2.75) is 6.92 Å². The Balaban J connectivity index is 1.86. The van der Waals surface area contributed by atoms with Crippen LogP contribution in [-0.2, 0) is 0 Å². The van der Waals surface area contributed by atoms with Crippen molar-refractivity contribution in [2.75, 3.05) is 5.32 Å². The maximum absolute atomic E-state index is 13.2. The van der Waals surface area contributed by atoms with Crippen molar-refractivity contribution in [2.24, 2.45) is 0 Å². The van der Waals surface area contributed by atoms with E-state index >= 15 is 0 Å². The fourth-order valence-electron chi connectivity index (χ4n) is 1.96. The minimum Gasteiger partial charge on any atom is -0.321 e. The third kappa shape index (κ3) is 3.01. The molecule has 1 aromatic carbocycles. The van der Waals surface area contributed by atoms with Gasteiger partial charge in [-0.1, -0.05) is 12.1 Å². The number of aromatic nitrogens is 2. The fourth-order valence-corrected chi connectivity index (χ4v) is 2.90. The fraction of sp³-hybridized carbons (Fsp3) is 0.0625. The van der Waals surface area contributed by atoms with E-state index in [4.69, 9.17) is 0 Å². The third-order valence-electron chi connectivity index (χ3n) is 2.97. The summed E-state index contributed by atoms with van der Waals surface area (Å²) < 4.78 is 13.2. The summed E-state index contributed by atoms with van der Waals surface area (Å²) in [6.45, 7) is 1.77. The van der Waals surface area contributed by atoms with Crippen molar-refractivity contribution in [3.05, 3.63) is 65.0 Å². The minimum atomic E-state index is -0.395. The maximum atomic E-state index is 13.2. The lowest BCUT2D eigenvalue weighted by molar-refractivity contribution is 0.103. The summed E-state index contributed by atoms with van der Waals surface area (Å²) in [6, 6.07) is 11.3. The van der Waals surface area contributed by atoms with E-state index in [0.29, 0.717) is 21.3 Å². The highest BCUT2D eigenvalue weighted by molar-refractivity contribution is 7.17. The monoisotopic (exact) mass is 313 g/mol. The standard InChI is InChI=1S/C16H12FN3OS/c1-10-14(15(21)20-12-6-4-5-11(17)9-12)22-16(19-10)13-7-2-3-8-18-13/h2-9H,1H3,(H,20,21). The van der Waals surface area contributed by atoms with Gasteiger partial charge in [-0.15, -0.1) is 11.3 Å². The highest BCUT2D eigenvalue weighted by atomic mass is 32.1. The molecule has 6 heteroatoms. The number of pyridine rings is 1. The molecule has 0 saturated carbocycles. The lowest BCUT2D eigenvalue weighted by Crippen LogP contribution is -2.11. The molecule has 1 N–H and O–H groups in total. The number of thiazole rings is 1. The molecule has 4 nitrogen and oxygen atoms in total. The summed E-state index contributed by atoms with van der Waals surface area (Å²) >= 11 is 1.26. The van der Waals surface area contributed by atoms with Gasteiger partial charge in [-0.3, -0.25) is 9.78 Å². The molecule has 1 amide bonds. The Hall–Kier alpha value is -2.60. The van der Waals surface area contributed by atoms with E-state index in [0.717, 1.165) is 5.69 Å². The number of carbonyl (C=O) groups excluding carboxylic acids is 1. The molecule has 0 atom stereocenters. The number of rotatable bonds is 3. The number of aryl methyl sites for hydroxylation is 1. The van der Waals surface area contributed by atoms with E-state index in [9.17, 15) is 9.18 Å². The van der Waals surface area contributed by atoms with Gasteiger partial charge in [0.1, 0.15) is 15.7 Å². The van der Waals surface area contributed by atoms with Crippen molar-refractivity contribution < 1.29 is 9.18 Å². The quantitative estimate of drug-likeness (QED) is 0.797. The number of nitrogens with one attached hydrogen (secondary N) is 1. The number of halogens is 1. The molecule has 0 aliphatic carbocycles. The Labute approximate surface area is 130 Å². The van der Waals surface area contributed by atoms with E-state index in [2.05, 4.69) is 15.3 Å². The van der Waals surface area contributed by atoms with Gasteiger partial charge in [-0.25, -0.2) is 9.37 Å². The van der Waals surface area contributed by atoms with E-state index in [-0.39, 0.29) is 5.91 Å². The molecule has 0 spiro atoms. The van der Waals surface area contributed by atoms with Crippen molar-refractivity contribution in [1.82, 2.24) is 9.97 Å². The highest BCUT2D eigenvalue weighted by Crippen LogP contribution is 2.27. The summed E-state index contributed by atoms with van der Waals surface area (Å²) in [5.74, 6) is -0.698. The SMILES string of the molecule is Cc1nc(-c2ccccn2)sc1C(=O)Nc1cccc(F)c1. The first-order chi connectivity index (χ1) is 10.6. The summed E-state index contributed by atoms with van der Waals surface area (Å²) in [7, 11) is 0. The molecular weight excluding hydrogens is 301 g/mol. The zero-order chi connectivity index (χ0) is 15.5. The van der Waals surface area contributed by atoms with Gasteiger partial charge < -0.3 is 5.32 Å². The first kappa shape index (κ1) is 14.3. The largest absolute Gasteiger partial charge is 0.321 e. The summed E-state index contributed by atoms with van der Waals surface area (Å²) in [4.78, 5) is 21.4. The van der Waals surface area contributed by atoms with Crippen LogP contribution in [0.5, 0.6) is 0 Å². The number of carbonyl (C=O) groups is 1. The smallest absolute Gasteiger partial charge is 0.267 e. The second-order valence-corrected chi connectivity index (χ2v) is 5.61. The molecule has 0 unspecified atom stereocenters. The summed E-state index contributed by atoms with van der Waals surface area (Å²) in [6.07, 6.45) is 1.68. The molecule has 0 aliphatic heterocycles. The van der Waals surface area contributed by atoms with Crippen LogP contribution in [0.4, 0.5) is 10.1 Å². The molecule has 110 valence electrons. The van der Waals surface area contributed by atoms with Gasteiger partial charge in [0.2, 0.25) is 0 Å². The van der Waals surface area contributed by atoms with Gasteiger partial charge in [-0.2, -0.15) is 0 Å². The minimum absolute atomic E-state index is 0.303. The molecule has 3 aromatic rings. The van der Waals surface area contributed by atoms with Gasteiger partial charge in [0.15, 0.2) is 0 Å². The van der Waals surface area contributed by atoms with E-state index in [1.807, 2.05) is 18.2 Å². The zero-order valence-electron chi connectivity index (χ0n) is 11.7. The normalized spacial score (nSPS) is 10.5. The van der Waals surface area contributed by atoms with E-state index in [1.54, 1.807) is 25.3 Å². The van der Waals surface area contributed by atoms with Crippen molar-refractivity contribution in [3.63, 3.8) is 0 Å². The number of nitrogens with zero attached hydrogens (tertiary/aromatic N) is 2. The number of benzene rings is 1. The summed E-state index contributed by atoms with van der Waals surface area (Å²) in [5.41, 5.74) is 1.76. The van der Waals surface area contributed by atoms with Crippen LogP contribution in [-0.4, -0.2) is 15.9 Å². The average Bonchev–Trinajstić information content (AvgIpc) is 2.90. The predicted octanol–water partition coefficient (Wildman–Crippen LogP) is 3.90. The van der Waals surface area contributed by atoms with Crippen LogP contribution in [0, 0.1) is 12.7 Å². The molecule has 0 bridgehead atoms. The molecule has 2 heterocycles. The first-order valence-corrected chi connectivity index (χ1v) is 7.41. The second-order valence-electron chi connectivity index (χ2n) is 4.61. The molecular formula is C16H12FN3OS. The van der Waals surface area contributed by atoms with Crippen molar-refractivity contribution in [3.8, 4) is 10.7 Å². The Morgan fingerprint density at radius 2 is 2.09 bits per heavy atom. The molecule has 0 aliphatic rings. The third-order valence-corrected chi connectivity index (χ3v) is 4.15. The van der Waals surface area contributed by atoms with Crippen molar-refractivity contribution >= 4 is 22.9 Å². The molecule has 2 aromatic heterocycles. The lowest BCUT2D eigenvalue weighted by Gasteiger charge is -2.03. The molecule has 0 radical (unpaired) electrons. The molecule has 0 fully saturated rings. The molecule has 22 heavy (non-hydrogen) atoms. The Morgan fingerprint density at radius 1 is 1.23 bits per heavy atom. The number of anilines is 1. The van der Waals surface area contributed by atoms with E-state index in [1.165, 1.54) is 23.5 Å². The van der Waals surface area contributed by atoms with Crippen LogP contribution in [0.1, 0.15) is 15.4 Å². The lowest BCUT2D eigenvalue weighted by atomic mass is 10.3. The highest BCUT2D eigenvalue weighted by Gasteiger charge is 2.17. The number of amides is 1. The Morgan fingerprint density at radius 3 is 2.82 bits per heavy atom. The van der Waals surface area contributed by atoms with Crippen LogP contribution in [0.15, 0.2) is 48.7 Å². The van der Waals surface area contributed by atoms with Crippen LogP contribution < -0.4 is 5.32 Å². The zero-order valence-corrected chi connectivity index (χ0v) is 12.5. The van der Waals surface area contributed by atoms with Crippen LogP contribution in [0.2, 0.25) is 0 Å². The maximum Gasteiger partial charge on any atom is 0.267 e. The second kappa shape index (κ2) is 6.03. The number of hydrogen-bond donors (Lipinski definition) is 1. The van der Waals surface area contributed by atoms with Crippen LogP contribution in [0.25, 0.3) is 10.7 Å². The topological polar surface area (TPSA) is 54.9 Å². The van der Waals surface area contributed by atoms with Gasteiger partial charge in [0.05, 0.1) is 11.4 Å². The summed E-state index contributed by atoms with van der Waals surface area (Å²) in [5, 5.41) is 3.36. The molecule has 3 rings (SSSR count). The van der Waals surface area contributed by atoms with Crippen molar-refractivity contribution in [1.29, 1.82) is 0 Å². The molecule has 0 saturated heterocycles. The Bertz CT molecular complexity index is 817. The van der Waals surface area contributed by atoms with Gasteiger partial charge >= 0.3 is 0 Å². The van der Waals surface area contributed by atoms with Gasteiger partial charge in [0, 0.05) is 11.9 Å². The van der Waals surface area contributed by atoms with Crippen LogP contribution in [0.3, 0.4) is 0 Å². The number of hydrogen-bond acceptors (Lipinski definition) is 4. The van der Waals surface area contributed by atoms with E-state index < -0.39 is 5.82 Å². The average molecular weight is 313 g/mol. The van der Waals surface area contributed by atoms with Crippen LogP contribution >= 0.6 is 11.3 Å². The Kier molecular flexibility index (Phi) is 3.93. The first-order valence-electron chi connectivity index (χ1n) is 6.59. The van der Waals surface area contributed by atoms with Gasteiger partial charge in [0.25, 0.3) is 5.91 Å².